The highest BCUT2D eigenvalue weighted by molar-refractivity contribution is 6.33. The molecule has 3 aliphatic rings. The maximum absolute atomic E-state index is 12.9. The van der Waals surface area contributed by atoms with Crippen LogP contribution in [0.1, 0.15) is 29.6 Å². The lowest BCUT2D eigenvalue weighted by Gasteiger charge is -2.37. The van der Waals surface area contributed by atoms with Crippen molar-refractivity contribution in [1.82, 2.24) is 10.2 Å². The zero-order valence-electron chi connectivity index (χ0n) is 17.2. The standard InChI is InChI=1S/C21H29ClN2O6/c1-27-19-16(22)9-15(18-20(19)30-8-7-29-18)21(26)23-10-13-4-5-24(12-17(13)25)11-14-3-2-6-28-14/h9,13-14,17,25H,2-8,10-12H2,1H3,(H,23,26)/t13?,14?,17-/m1/s1. The highest BCUT2D eigenvalue weighted by Gasteiger charge is 2.31. The Morgan fingerprint density at radius 3 is 2.80 bits per heavy atom. The summed E-state index contributed by atoms with van der Waals surface area (Å²) in [6.45, 7) is 4.28. The molecule has 9 heteroatoms. The van der Waals surface area contributed by atoms with E-state index in [4.69, 9.17) is 30.5 Å². The molecule has 166 valence electrons. The fourth-order valence-electron chi connectivity index (χ4n) is 4.36. The van der Waals surface area contributed by atoms with Crippen LogP contribution in [0.5, 0.6) is 17.2 Å². The third kappa shape index (κ3) is 4.61. The van der Waals surface area contributed by atoms with Crippen molar-refractivity contribution in [3.05, 3.63) is 16.7 Å². The van der Waals surface area contributed by atoms with Crippen molar-refractivity contribution in [2.24, 2.45) is 5.92 Å². The van der Waals surface area contributed by atoms with Gasteiger partial charge in [0, 0.05) is 32.2 Å². The number of likely N-dealkylation sites (tertiary alicyclic amines) is 1. The number of nitrogens with zero attached hydrogens (tertiary/aromatic N) is 1. The summed E-state index contributed by atoms with van der Waals surface area (Å²) in [6, 6.07) is 1.53. The van der Waals surface area contributed by atoms with Crippen molar-refractivity contribution in [1.29, 1.82) is 0 Å². The Kier molecular flexibility index (Phi) is 6.87. The molecule has 0 saturated carbocycles. The summed E-state index contributed by atoms with van der Waals surface area (Å²) in [6.07, 6.45) is 2.81. The normalized spacial score (nSPS) is 26.4. The quantitative estimate of drug-likeness (QED) is 0.696. The molecule has 2 unspecified atom stereocenters. The fraction of sp³-hybridized carbons (Fsp3) is 0.667. The molecule has 3 atom stereocenters. The lowest BCUT2D eigenvalue weighted by molar-refractivity contribution is -0.00192. The SMILES string of the molecule is COc1c(Cl)cc(C(=O)NCC2CCN(CC3CCCO3)C[C@H]2O)c2c1OCCO2. The minimum atomic E-state index is -0.492. The molecule has 2 N–H and O–H groups in total. The van der Waals surface area contributed by atoms with Gasteiger partial charge in [-0.05, 0) is 31.9 Å². The number of carbonyl (C=O) groups excluding carboxylic acids is 1. The van der Waals surface area contributed by atoms with Gasteiger partial charge in [-0.25, -0.2) is 0 Å². The molecule has 1 amide bonds. The topological polar surface area (TPSA) is 89.5 Å². The van der Waals surface area contributed by atoms with Crippen LogP contribution in [0.4, 0.5) is 0 Å². The van der Waals surface area contributed by atoms with Crippen LogP contribution in [-0.2, 0) is 4.74 Å². The average Bonchev–Trinajstić information content (AvgIpc) is 3.25. The van der Waals surface area contributed by atoms with Gasteiger partial charge in [0.1, 0.15) is 13.2 Å². The van der Waals surface area contributed by atoms with E-state index in [0.29, 0.717) is 49.1 Å². The predicted molar refractivity (Wildman–Crippen MR) is 111 cm³/mol. The molecule has 8 nitrogen and oxygen atoms in total. The van der Waals surface area contributed by atoms with Gasteiger partial charge < -0.3 is 29.4 Å². The number of carbonyl (C=O) groups is 1. The number of nitrogens with one attached hydrogen (secondary N) is 1. The molecular formula is C21H29ClN2O6. The molecule has 1 aromatic rings. The first kappa shape index (κ1) is 21.5. The van der Waals surface area contributed by atoms with Gasteiger partial charge in [0.15, 0.2) is 11.5 Å². The van der Waals surface area contributed by atoms with Gasteiger partial charge in [0.05, 0.1) is 29.9 Å². The number of fused-ring (bicyclic) bond motifs is 1. The first-order valence-electron chi connectivity index (χ1n) is 10.5. The summed E-state index contributed by atoms with van der Waals surface area (Å²) in [5.74, 6) is 0.736. The number of hydrogen-bond donors (Lipinski definition) is 2. The van der Waals surface area contributed by atoms with E-state index in [1.54, 1.807) is 0 Å². The van der Waals surface area contributed by atoms with E-state index in [9.17, 15) is 9.90 Å². The maximum atomic E-state index is 12.9. The number of ether oxygens (including phenoxy) is 4. The summed E-state index contributed by atoms with van der Waals surface area (Å²) in [4.78, 5) is 15.1. The van der Waals surface area contributed by atoms with E-state index in [-0.39, 0.29) is 23.0 Å². The third-order valence-electron chi connectivity index (χ3n) is 5.99. The highest BCUT2D eigenvalue weighted by Crippen LogP contribution is 2.46. The van der Waals surface area contributed by atoms with Gasteiger partial charge in [0.2, 0.25) is 5.75 Å². The fourth-order valence-corrected chi connectivity index (χ4v) is 4.63. The van der Waals surface area contributed by atoms with E-state index < -0.39 is 6.10 Å². The van der Waals surface area contributed by atoms with E-state index in [2.05, 4.69) is 10.2 Å². The number of β-amino-alcohol motifs (C(OH)–C–C–N with tert-alkyl or cyclic N) is 1. The van der Waals surface area contributed by atoms with Crippen LogP contribution in [0.25, 0.3) is 0 Å². The van der Waals surface area contributed by atoms with Crippen LogP contribution in [0.15, 0.2) is 6.07 Å². The molecule has 0 bridgehead atoms. The Balaban J connectivity index is 1.35. The molecule has 0 aliphatic carbocycles. The van der Waals surface area contributed by atoms with E-state index in [1.807, 2.05) is 0 Å². The Morgan fingerprint density at radius 2 is 2.10 bits per heavy atom. The largest absolute Gasteiger partial charge is 0.491 e. The van der Waals surface area contributed by atoms with Crippen molar-refractivity contribution in [2.45, 2.75) is 31.5 Å². The second-order valence-corrected chi connectivity index (χ2v) is 8.42. The average molecular weight is 441 g/mol. The third-order valence-corrected chi connectivity index (χ3v) is 6.27. The van der Waals surface area contributed by atoms with Crippen molar-refractivity contribution in [3.8, 4) is 17.2 Å². The molecule has 3 heterocycles. The van der Waals surface area contributed by atoms with E-state index in [0.717, 1.165) is 39.0 Å². The number of aliphatic hydroxyl groups is 1. The highest BCUT2D eigenvalue weighted by atomic mass is 35.5. The number of halogens is 1. The Morgan fingerprint density at radius 1 is 1.30 bits per heavy atom. The summed E-state index contributed by atoms with van der Waals surface area (Å²) in [5.41, 5.74) is 0.306. The molecule has 2 saturated heterocycles. The molecule has 0 spiro atoms. The van der Waals surface area contributed by atoms with Gasteiger partial charge >= 0.3 is 0 Å². The van der Waals surface area contributed by atoms with Crippen molar-refractivity contribution < 1.29 is 28.8 Å². The van der Waals surface area contributed by atoms with Crippen molar-refractivity contribution in [2.75, 3.05) is 53.1 Å². The van der Waals surface area contributed by atoms with Gasteiger partial charge in [0.25, 0.3) is 5.91 Å². The van der Waals surface area contributed by atoms with Crippen molar-refractivity contribution in [3.63, 3.8) is 0 Å². The molecule has 3 aliphatic heterocycles. The zero-order chi connectivity index (χ0) is 21.1. The number of hydrogen-bond acceptors (Lipinski definition) is 7. The summed E-state index contributed by atoms with van der Waals surface area (Å²) in [7, 11) is 1.49. The number of aliphatic hydroxyl groups excluding tert-OH is 1. The lowest BCUT2D eigenvalue weighted by Crippen LogP contribution is -2.49. The smallest absolute Gasteiger partial charge is 0.255 e. The minimum absolute atomic E-state index is 0.00332. The van der Waals surface area contributed by atoms with Gasteiger partial charge in [-0.1, -0.05) is 11.6 Å². The van der Waals surface area contributed by atoms with Gasteiger partial charge in [-0.2, -0.15) is 0 Å². The number of rotatable bonds is 6. The second-order valence-electron chi connectivity index (χ2n) is 8.02. The molecule has 1 aromatic carbocycles. The summed E-state index contributed by atoms with van der Waals surface area (Å²) in [5, 5.41) is 13.8. The molecular weight excluding hydrogens is 412 g/mol. The summed E-state index contributed by atoms with van der Waals surface area (Å²) < 4.78 is 22.3. The number of piperidine rings is 1. The first-order valence-corrected chi connectivity index (χ1v) is 10.9. The van der Waals surface area contributed by atoms with E-state index >= 15 is 0 Å². The van der Waals surface area contributed by atoms with Crippen LogP contribution in [0, 0.1) is 5.92 Å². The van der Waals surface area contributed by atoms with E-state index in [1.165, 1.54) is 13.2 Å². The molecule has 4 rings (SSSR count). The second kappa shape index (κ2) is 9.60. The van der Waals surface area contributed by atoms with Crippen LogP contribution < -0.4 is 19.5 Å². The molecule has 0 aromatic heterocycles. The first-order chi connectivity index (χ1) is 14.6. The Labute approximate surface area is 181 Å². The predicted octanol–water partition coefficient (Wildman–Crippen LogP) is 1.71. The van der Waals surface area contributed by atoms with Crippen molar-refractivity contribution >= 4 is 17.5 Å². The van der Waals surface area contributed by atoms with Crippen LogP contribution in [0.2, 0.25) is 5.02 Å². The molecule has 30 heavy (non-hydrogen) atoms. The monoisotopic (exact) mass is 440 g/mol. The van der Waals surface area contributed by atoms with Gasteiger partial charge in [-0.15, -0.1) is 0 Å². The Bertz CT molecular complexity index is 770. The number of benzene rings is 1. The van der Waals surface area contributed by atoms with Crippen LogP contribution in [-0.4, -0.2) is 81.2 Å². The zero-order valence-corrected chi connectivity index (χ0v) is 18.0. The molecule has 0 radical (unpaired) electrons. The summed E-state index contributed by atoms with van der Waals surface area (Å²) >= 11 is 6.27. The number of methoxy groups -OCH3 is 1. The maximum Gasteiger partial charge on any atom is 0.255 e. The Hall–Kier alpha value is -1.74. The number of amides is 1. The van der Waals surface area contributed by atoms with Crippen LogP contribution >= 0.6 is 11.6 Å². The van der Waals surface area contributed by atoms with Crippen LogP contribution in [0.3, 0.4) is 0 Å². The lowest BCUT2D eigenvalue weighted by atomic mass is 9.93. The van der Waals surface area contributed by atoms with Gasteiger partial charge in [-0.3, -0.25) is 9.69 Å². The molecule has 2 fully saturated rings. The minimum Gasteiger partial charge on any atom is -0.491 e.